The van der Waals surface area contributed by atoms with Gasteiger partial charge in [-0.3, -0.25) is 4.79 Å². The molecule has 6 nitrogen and oxygen atoms in total. The van der Waals surface area contributed by atoms with Gasteiger partial charge in [0.2, 0.25) is 0 Å². The van der Waals surface area contributed by atoms with E-state index in [0.717, 1.165) is 40.0 Å². The summed E-state index contributed by atoms with van der Waals surface area (Å²) in [6.07, 6.45) is 5.49. The number of nitrogens with one attached hydrogen (secondary N) is 2. The first-order valence-electron chi connectivity index (χ1n) is 9.60. The Balaban J connectivity index is 1.49. The molecule has 3 aromatic heterocycles. The fraction of sp³-hybridized carbons (Fsp3) is 0.227. The van der Waals surface area contributed by atoms with E-state index in [0.29, 0.717) is 16.7 Å². The Bertz CT molecular complexity index is 1150. The molecule has 1 fully saturated rings. The molecule has 0 spiro atoms. The summed E-state index contributed by atoms with van der Waals surface area (Å²) in [6, 6.07) is 13.6. The maximum absolute atomic E-state index is 13.2. The lowest BCUT2D eigenvalue weighted by Gasteiger charge is -2.17. The highest BCUT2D eigenvalue weighted by Gasteiger charge is 2.26. The van der Waals surface area contributed by atoms with E-state index in [2.05, 4.69) is 20.6 Å². The molecule has 146 valence electrons. The molecule has 1 aromatic carbocycles. The van der Waals surface area contributed by atoms with Crippen molar-refractivity contribution in [1.29, 1.82) is 0 Å². The number of hydrogen-bond donors (Lipinski definition) is 2. The maximum Gasteiger partial charge on any atom is 0.262 e. The summed E-state index contributed by atoms with van der Waals surface area (Å²) in [7, 11) is 0. The van der Waals surface area contributed by atoms with E-state index in [1.807, 2.05) is 49.4 Å². The average Bonchev–Trinajstić information content (AvgIpc) is 3.25. The van der Waals surface area contributed by atoms with Crippen molar-refractivity contribution in [1.82, 2.24) is 15.3 Å². The van der Waals surface area contributed by atoms with Crippen LogP contribution in [-0.4, -0.2) is 21.9 Å². The van der Waals surface area contributed by atoms with Crippen LogP contribution in [0.5, 0.6) is 0 Å². The molecule has 0 aliphatic heterocycles. The van der Waals surface area contributed by atoms with Gasteiger partial charge in [-0.05, 0) is 43.0 Å². The molecule has 1 atom stereocenters. The molecule has 0 radical (unpaired) electrons. The van der Waals surface area contributed by atoms with Crippen LogP contribution in [0.15, 0.2) is 59.5 Å². The molecule has 0 bridgehead atoms. The highest BCUT2D eigenvalue weighted by molar-refractivity contribution is 7.20. The van der Waals surface area contributed by atoms with E-state index in [9.17, 15) is 4.79 Å². The zero-order chi connectivity index (χ0) is 19.8. The molecule has 1 amide bonds. The fourth-order valence-electron chi connectivity index (χ4n) is 3.44. The first-order valence-corrected chi connectivity index (χ1v) is 10.4. The smallest absolute Gasteiger partial charge is 0.262 e. The molecule has 29 heavy (non-hydrogen) atoms. The number of nitrogens with zero attached hydrogens (tertiary/aromatic N) is 2. The van der Waals surface area contributed by atoms with E-state index >= 15 is 0 Å². The van der Waals surface area contributed by atoms with Crippen LogP contribution in [-0.2, 0) is 0 Å². The Labute approximate surface area is 172 Å². The van der Waals surface area contributed by atoms with Gasteiger partial charge in [0, 0.05) is 6.04 Å². The van der Waals surface area contributed by atoms with Gasteiger partial charge in [-0.2, -0.15) is 0 Å². The molecule has 1 unspecified atom stereocenters. The van der Waals surface area contributed by atoms with Crippen molar-refractivity contribution >= 4 is 33.3 Å². The minimum atomic E-state index is -0.363. The SMILES string of the molecule is Cc1c(C(=O)NC(c2ccccc2)c2ccco2)sc2ncnc(NC3CC3)c12. The van der Waals surface area contributed by atoms with Gasteiger partial charge in [0.05, 0.1) is 16.5 Å². The molecule has 4 aromatic rings. The number of hydrogen-bond acceptors (Lipinski definition) is 6. The number of furan rings is 1. The van der Waals surface area contributed by atoms with Gasteiger partial charge in [0.1, 0.15) is 28.8 Å². The van der Waals surface area contributed by atoms with Crippen LogP contribution in [0.25, 0.3) is 10.2 Å². The number of anilines is 1. The first-order chi connectivity index (χ1) is 14.2. The molecular weight excluding hydrogens is 384 g/mol. The van der Waals surface area contributed by atoms with Gasteiger partial charge >= 0.3 is 0 Å². The Morgan fingerprint density at radius 3 is 2.72 bits per heavy atom. The molecule has 3 heterocycles. The van der Waals surface area contributed by atoms with Crippen LogP contribution in [0, 0.1) is 6.92 Å². The van der Waals surface area contributed by atoms with Crippen LogP contribution < -0.4 is 10.6 Å². The number of benzene rings is 1. The van der Waals surface area contributed by atoms with E-state index < -0.39 is 0 Å². The van der Waals surface area contributed by atoms with Crippen molar-refractivity contribution in [2.75, 3.05) is 5.32 Å². The Morgan fingerprint density at radius 2 is 2.00 bits per heavy atom. The van der Waals surface area contributed by atoms with Crippen molar-refractivity contribution in [3.05, 3.63) is 76.8 Å². The Kier molecular flexibility index (Phi) is 4.52. The summed E-state index contributed by atoms with van der Waals surface area (Å²) >= 11 is 1.39. The quantitative estimate of drug-likeness (QED) is 0.487. The number of carbonyl (C=O) groups excluding carboxylic acids is 1. The highest BCUT2D eigenvalue weighted by atomic mass is 32.1. The third-order valence-electron chi connectivity index (χ3n) is 5.09. The normalized spacial score (nSPS) is 14.7. The molecule has 1 aliphatic carbocycles. The number of aryl methyl sites for hydroxylation is 1. The molecular formula is C22H20N4O2S. The second kappa shape index (κ2) is 7.33. The van der Waals surface area contributed by atoms with Crippen molar-refractivity contribution in [3.63, 3.8) is 0 Å². The highest BCUT2D eigenvalue weighted by Crippen LogP contribution is 2.36. The predicted molar refractivity (Wildman–Crippen MR) is 113 cm³/mol. The molecule has 7 heteroatoms. The standard InChI is InChI=1S/C22H20N4O2S/c1-13-17-20(25-15-9-10-15)23-12-24-22(17)29-19(13)21(27)26-18(16-8-5-11-28-16)14-6-3-2-4-7-14/h2-8,11-12,15,18H,9-10H2,1H3,(H,26,27)(H,23,24,25). The molecule has 1 aliphatic rings. The van der Waals surface area contributed by atoms with E-state index in [1.54, 1.807) is 12.6 Å². The largest absolute Gasteiger partial charge is 0.467 e. The van der Waals surface area contributed by atoms with Gasteiger partial charge in [-0.15, -0.1) is 11.3 Å². The minimum absolute atomic E-state index is 0.145. The summed E-state index contributed by atoms with van der Waals surface area (Å²) in [5.74, 6) is 1.36. The Hall–Kier alpha value is -3.19. The van der Waals surface area contributed by atoms with Gasteiger partial charge in [0.25, 0.3) is 5.91 Å². The lowest BCUT2D eigenvalue weighted by atomic mass is 10.0. The molecule has 0 saturated heterocycles. The average molecular weight is 404 g/mol. The van der Waals surface area contributed by atoms with Crippen molar-refractivity contribution in [2.45, 2.75) is 31.8 Å². The second-order valence-corrected chi connectivity index (χ2v) is 8.21. The number of carbonyl (C=O) groups is 1. The van der Waals surface area contributed by atoms with Crippen LogP contribution in [0.2, 0.25) is 0 Å². The lowest BCUT2D eigenvalue weighted by molar-refractivity contribution is 0.0942. The monoisotopic (exact) mass is 404 g/mol. The zero-order valence-electron chi connectivity index (χ0n) is 15.9. The number of aromatic nitrogens is 2. The summed E-state index contributed by atoms with van der Waals surface area (Å²) in [5.41, 5.74) is 1.86. The number of amides is 1. The third kappa shape index (κ3) is 3.49. The van der Waals surface area contributed by atoms with Gasteiger partial charge in [-0.25, -0.2) is 9.97 Å². The minimum Gasteiger partial charge on any atom is -0.467 e. The summed E-state index contributed by atoms with van der Waals surface area (Å²) < 4.78 is 5.60. The third-order valence-corrected chi connectivity index (χ3v) is 6.29. The van der Waals surface area contributed by atoms with Gasteiger partial charge in [0.15, 0.2) is 0 Å². The van der Waals surface area contributed by atoms with Crippen LogP contribution in [0.1, 0.15) is 45.4 Å². The van der Waals surface area contributed by atoms with Crippen LogP contribution >= 0.6 is 11.3 Å². The number of fused-ring (bicyclic) bond motifs is 1. The maximum atomic E-state index is 13.2. The zero-order valence-corrected chi connectivity index (χ0v) is 16.7. The predicted octanol–water partition coefficient (Wildman–Crippen LogP) is 4.69. The summed E-state index contributed by atoms with van der Waals surface area (Å²) in [4.78, 5) is 23.5. The number of rotatable bonds is 6. The van der Waals surface area contributed by atoms with E-state index in [4.69, 9.17) is 4.42 Å². The molecule has 2 N–H and O–H groups in total. The van der Waals surface area contributed by atoms with Crippen LogP contribution in [0.3, 0.4) is 0 Å². The first kappa shape index (κ1) is 17.9. The second-order valence-electron chi connectivity index (χ2n) is 7.21. The summed E-state index contributed by atoms with van der Waals surface area (Å²) in [5, 5.41) is 7.52. The van der Waals surface area contributed by atoms with Crippen molar-refractivity contribution < 1.29 is 9.21 Å². The van der Waals surface area contributed by atoms with Gasteiger partial charge < -0.3 is 15.1 Å². The van der Waals surface area contributed by atoms with Gasteiger partial charge in [-0.1, -0.05) is 30.3 Å². The Morgan fingerprint density at radius 1 is 1.17 bits per heavy atom. The van der Waals surface area contributed by atoms with Crippen LogP contribution in [0.4, 0.5) is 5.82 Å². The lowest BCUT2D eigenvalue weighted by Crippen LogP contribution is -2.28. The fourth-order valence-corrected chi connectivity index (χ4v) is 4.49. The number of thiophene rings is 1. The summed E-state index contributed by atoms with van der Waals surface area (Å²) in [6.45, 7) is 1.96. The molecule has 5 rings (SSSR count). The topological polar surface area (TPSA) is 80.1 Å². The van der Waals surface area contributed by atoms with E-state index in [1.165, 1.54) is 11.3 Å². The van der Waals surface area contributed by atoms with Crippen molar-refractivity contribution in [3.8, 4) is 0 Å². The van der Waals surface area contributed by atoms with E-state index in [-0.39, 0.29) is 11.9 Å². The molecule has 1 saturated carbocycles. The van der Waals surface area contributed by atoms with Crippen molar-refractivity contribution in [2.24, 2.45) is 0 Å².